The first-order valence-electron chi connectivity index (χ1n) is 8.72. The van der Waals surface area contributed by atoms with Crippen molar-refractivity contribution < 1.29 is 4.79 Å². The third-order valence-corrected chi connectivity index (χ3v) is 4.96. The van der Waals surface area contributed by atoms with Crippen molar-refractivity contribution >= 4 is 27.5 Å². The summed E-state index contributed by atoms with van der Waals surface area (Å²) in [6, 6.07) is 14.0. The van der Waals surface area contributed by atoms with E-state index in [1.807, 2.05) is 50.2 Å². The molecule has 0 unspecified atom stereocenters. The Labute approximate surface area is 151 Å². The van der Waals surface area contributed by atoms with Gasteiger partial charge in [-0.25, -0.2) is 4.98 Å². The van der Waals surface area contributed by atoms with Gasteiger partial charge in [0.2, 0.25) is 5.91 Å². The van der Waals surface area contributed by atoms with Crippen molar-refractivity contribution in [2.75, 3.05) is 0 Å². The van der Waals surface area contributed by atoms with Crippen molar-refractivity contribution in [3.63, 3.8) is 0 Å². The highest BCUT2D eigenvalue weighted by molar-refractivity contribution is 7.18. The van der Waals surface area contributed by atoms with Crippen molar-refractivity contribution in [2.45, 2.75) is 45.6 Å². The number of para-hydroxylation sites is 1. The summed E-state index contributed by atoms with van der Waals surface area (Å²) in [6.07, 6.45) is 5.08. The molecule has 0 aliphatic carbocycles. The second-order valence-electron chi connectivity index (χ2n) is 6.33. The number of hydrogen-bond acceptors (Lipinski definition) is 4. The molecule has 0 spiro atoms. The van der Waals surface area contributed by atoms with Crippen LogP contribution in [-0.4, -0.2) is 21.5 Å². The molecule has 0 atom stereocenters. The zero-order valence-corrected chi connectivity index (χ0v) is 15.5. The first kappa shape index (κ1) is 17.5. The van der Waals surface area contributed by atoms with Crippen LogP contribution in [0.1, 0.15) is 42.9 Å². The standard InChI is InChI=1S/C20H23N3OS/c1-15(2)21-18-11-7-8-14-23(18)20(24)13-6-5-12-19-22-16-9-3-4-10-17(16)25-19/h3-4,7-11,14-15H,5-6,12-13H2,1-2H3. The van der Waals surface area contributed by atoms with Gasteiger partial charge in [0, 0.05) is 18.7 Å². The van der Waals surface area contributed by atoms with E-state index in [1.54, 1.807) is 22.1 Å². The summed E-state index contributed by atoms with van der Waals surface area (Å²) in [6.45, 7) is 4.03. The minimum Gasteiger partial charge on any atom is -0.274 e. The molecule has 5 heteroatoms. The van der Waals surface area contributed by atoms with Crippen LogP contribution in [0.15, 0.2) is 53.7 Å². The first-order chi connectivity index (χ1) is 12.1. The molecule has 0 aliphatic rings. The molecule has 0 bridgehead atoms. The Morgan fingerprint density at radius 2 is 1.96 bits per heavy atom. The number of unbranched alkanes of at least 4 members (excludes halogenated alkanes) is 1. The Bertz CT molecular complexity index is 891. The summed E-state index contributed by atoms with van der Waals surface area (Å²) in [5.74, 6) is 0.101. The second kappa shape index (κ2) is 8.21. The fraction of sp³-hybridized carbons (Fsp3) is 0.350. The summed E-state index contributed by atoms with van der Waals surface area (Å²) >= 11 is 1.75. The van der Waals surface area contributed by atoms with Crippen LogP contribution in [0.3, 0.4) is 0 Å². The highest BCUT2D eigenvalue weighted by Crippen LogP contribution is 2.22. The van der Waals surface area contributed by atoms with Crippen LogP contribution in [0.25, 0.3) is 10.2 Å². The maximum atomic E-state index is 12.5. The molecule has 1 aromatic carbocycles. The topological polar surface area (TPSA) is 47.2 Å². The number of aromatic nitrogens is 2. The zero-order valence-electron chi connectivity index (χ0n) is 14.7. The lowest BCUT2D eigenvalue weighted by Crippen LogP contribution is -2.27. The maximum absolute atomic E-state index is 12.5. The third-order valence-electron chi connectivity index (χ3n) is 3.87. The molecule has 0 saturated heterocycles. The van der Waals surface area contributed by atoms with Gasteiger partial charge in [-0.3, -0.25) is 14.4 Å². The number of nitrogens with zero attached hydrogens (tertiary/aromatic N) is 3. The molecular weight excluding hydrogens is 330 g/mol. The van der Waals surface area contributed by atoms with Gasteiger partial charge in [0.1, 0.15) is 5.49 Å². The molecule has 130 valence electrons. The number of fused-ring (bicyclic) bond motifs is 1. The van der Waals surface area contributed by atoms with Crippen molar-refractivity contribution in [2.24, 2.45) is 4.99 Å². The van der Waals surface area contributed by atoms with Crippen molar-refractivity contribution in [3.8, 4) is 0 Å². The van der Waals surface area contributed by atoms with E-state index in [1.165, 1.54) is 4.70 Å². The predicted molar refractivity (Wildman–Crippen MR) is 103 cm³/mol. The van der Waals surface area contributed by atoms with Crippen LogP contribution >= 0.6 is 11.3 Å². The summed E-state index contributed by atoms with van der Waals surface area (Å²) in [5, 5.41) is 1.15. The highest BCUT2D eigenvalue weighted by Gasteiger charge is 2.07. The maximum Gasteiger partial charge on any atom is 0.232 e. The molecule has 25 heavy (non-hydrogen) atoms. The largest absolute Gasteiger partial charge is 0.274 e. The van der Waals surface area contributed by atoms with E-state index in [0.29, 0.717) is 6.42 Å². The van der Waals surface area contributed by atoms with Crippen molar-refractivity contribution in [1.29, 1.82) is 0 Å². The Kier molecular flexibility index (Phi) is 5.76. The summed E-state index contributed by atoms with van der Waals surface area (Å²) in [5.41, 5.74) is 1.80. The zero-order chi connectivity index (χ0) is 17.6. The summed E-state index contributed by atoms with van der Waals surface area (Å²) in [4.78, 5) is 21.7. The van der Waals surface area contributed by atoms with Gasteiger partial charge in [0.15, 0.2) is 0 Å². The number of rotatable bonds is 6. The van der Waals surface area contributed by atoms with Gasteiger partial charge in [0.05, 0.1) is 15.2 Å². The number of aryl methyl sites for hydroxylation is 1. The van der Waals surface area contributed by atoms with Crippen LogP contribution in [0.4, 0.5) is 0 Å². The summed E-state index contributed by atoms with van der Waals surface area (Å²) < 4.78 is 2.89. The third kappa shape index (κ3) is 4.63. The highest BCUT2D eigenvalue weighted by atomic mass is 32.1. The quantitative estimate of drug-likeness (QED) is 0.614. The van der Waals surface area contributed by atoms with E-state index in [9.17, 15) is 4.79 Å². The van der Waals surface area contributed by atoms with Gasteiger partial charge in [-0.2, -0.15) is 0 Å². The molecule has 0 fully saturated rings. The lowest BCUT2D eigenvalue weighted by molar-refractivity contribution is 0.0893. The van der Waals surface area contributed by atoms with Crippen LogP contribution in [0.5, 0.6) is 0 Å². The molecule has 0 saturated carbocycles. The van der Waals surface area contributed by atoms with Crippen molar-refractivity contribution in [3.05, 3.63) is 59.2 Å². The Balaban J connectivity index is 1.56. The fourth-order valence-electron chi connectivity index (χ4n) is 2.71. The average molecular weight is 353 g/mol. The summed E-state index contributed by atoms with van der Waals surface area (Å²) in [7, 11) is 0. The second-order valence-corrected chi connectivity index (χ2v) is 7.44. The minimum absolute atomic E-state index is 0.101. The lowest BCUT2D eigenvalue weighted by atomic mass is 10.2. The van der Waals surface area contributed by atoms with E-state index >= 15 is 0 Å². The Morgan fingerprint density at radius 1 is 1.16 bits per heavy atom. The monoisotopic (exact) mass is 353 g/mol. The molecule has 0 amide bonds. The number of pyridine rings is 1. The van der Waals surface area contributed by atoms with Gasteiger partial charge < -0.3 is 0 Å². The fourth-order valence-corrected chi connectivity index (χ4v) is 3.72. The number of thiazole rings is 1. The molecule has 2 aromatic heterocycles. The van der Waals surface area contributed by atoms with Crippen molar-refractivity contribution in [1.82, 2.24) is 9.55 Å². The molecule has 0 N–H and O–H groups in total. The number of carbonyl (C=O) groups is 1. The molecule has 0 aliphatic heterocycles. The van der Waals surface area contributed by atoms with E-state index in [-0.39, 0.29) is 11.9 Å². The molecule has 4 nitrogen and oxygen atoms in total. The Hall–Kier alpha value is -2.27. The number of hydrogen-bond donors (Lipinski definition) is 0. The minimum atomic E-state index is 0.101. The van der Waals surface area contributed by atoms with E-state index in [4.69, 9.17) is 0 Å². The van der Waals surface area contributed by atoms with E-state index in [2.05, 4.69) is 16.0 Å². The molecule has 3 rings (SSSR count). The average Bonchev–Trinajstić information content (AvgIpc) is 3.01. The first-order valence-corrected chi connectivity index (χ1v) is 9.54. The van der Waals surface area contributed by atoms with Gasteiger partial charge in [-0.1, -0.05) is 18.2 Å². The van der Waals surface area contributed by atoms with Gasteiger partial charge >= 0.3 is 0 Å². The smallest absolute Gasteiger partial charge is 0.232 e. The van der Waals surface area contributed by atoms with Crippen LogP contribution in [-0.2, 0) is 6.42 Å². The number of carbonyl (C=O) groups excluding carboxylic acids is 1. The van der Waals surface area contributed by atoms with Crippen LogP contribution in [0, 0.1) is 0 Å². The van der Waals surface area contributed by atoms with E-state index in [0.717, 1.165) is 35.3 Å². The SMILES string of the molecule is CC(C)N=c1ccccn1C(=O)CCCCc1nc2ccccc2s1. The van der Waals surface area contributed by atoms with Gasteiger partial charge in [0.25, 0.3) is 0 Å². The van der Waals surface area contributed by atoms with Crippen LogP contribution < -0.4 is 5.49 Å². The Morgan fingerprint density at radius 3 is 2.76 bits per heavy atom. The molecule has 2 heterocycles. The molecule has 0 radical (unpaired) electrons. The van der Waals surface area contributed by atoms with E-state index < -0.39 is 0 Å². The number of benzene rings is 1. The normalized spacial score (nSPS) is 12.2. The lowest BCUT2D eigenvalue weighted by Gasteiger charge is -2.07. The molecular formula is C20H23N3OS. The van der Waals surface area contributed by atoms with Crippen LogP contribution in [0.2, 0.25) is 0 Å². The van der Waals surface area contributed by atoms with Gasteiger partial charge in [-0.15, -0.1) is 11.3 Å². The van der Waals surface area contributed by atoms with Gasteiger partial charge in [-0.05, 0) is 57.4 Å². The predicted octanol–water partition coefficient (Wildman–Crippen LogP) is 4.46. The molecule has 3 aromatic rings.